The van der Waals surface area contributed by atoms with Crippen molar-refractivity contribution in [2.75, 3.05) is 53.0 Å². The van der Waals surface area contributed by atoms with Gasteiger partial charge in [-0.1, -0.05) is 6.92 Å². The van der Waals surface area contributed by atoms with E-state index in [0.29, 0.717) is 18.0 Å². The Morgan fingerprint density at radius 1 is 1.28 bits per heavy atom. The van der Waals surface area contributed by atoms with Crippen molar-refractivity contribution in [3.05, 3.63) is 0 Å². The first kappa shape index (κ1) is 14.3. The highest BCUT2D eigenvalue weighted by Crippen LogP contribution is 2.17. The second-order valence-electron chi connectivity index (χ2n) is 5.95. The van der Waals surface area contributed by atoms with E-state index in [9.17, 15) is 0 Å². The fraction of sp³-hybridized carbons (Fsp3) is 1.00. The van der Waals surface area contributed by atoms with Crippen LogP contribution in [0.25, 0.3) is 0 Å². The molecule has 1 N–H and O–H groups in total. The fourth-order valence-electron chi connectivity index (χ4n) is 2.96. The van der Waals surface area contributed by atoms with Crippen LogP contribution >= 0.6 is 0 Å². The normalized spacial score (nSPS) is 35.2. The molecule has 4 heteroatoms. The van der Waals surface area contributed by atoms with Crippen LogP contribution in [0.4, 0.5) is 0 Å². The molecule has 2 rings (SSSR count). The summed E-state index contributed by atoms with van der Waals surface area (Å²) >= 11 is 0. The Labute approximate surface area is 112 Å². The minimum absolute atomic E-state index is 0.569. The SMILES string of the molecule is CCCNC1COCC1CN1CCN(C)C(C)C1. The van der Waals surface area contributed by atoms with Gasteiger partial charge in [-0.25, -0.2) is 0 Å². The van der Waals surface area contributed by atoms with E-state index < -0.39 is 0 Å². The third-order valence-electron chi connectivity index (χ3n) is 4.39. The molecule has 0 aliphatic carbocycles. The zero-order valence-corrected chi connectivity index (χ0v) is 12.2. The molecule has 18 heavy (non-hydrogen) atoms. The van der Waals surface area contributed by atoms with Crippen molar-refractivity contribution in [1.82, 2.24) is 15.1 Å². The van der Waals surface area contributed by atoms with E-state index in [1.807, 2.05) is 0 Å². The van der Waals surface area contributed by atoms with Gasteiger partial charge >= 0.3 is 0 Å². The van der Waals surface area contributed by atoms with Crippen molar-refractivity contribution >= 4 is 0 Å². The molecule has 3 atom stereocenters. The Balaban J connectivity index is 1.77. The van der Waals surface area contributed by atoms with E-state index in [1.165, 1.54) is 32.6 Å². The van der Waals surface area contributed by atoms with Crippen LogP contribution in [-0.4, -0.2) is 74.9 Å². The topological polar surface area (TPSA) is 27.7 Å². The van der Waals surface area contributed by atoms with Crippen molar-refractivity contribution < 1.29 is 4.74 Å². The highest BCUT2D eigenvalue weighted by molar-refractivity contribution is 4.86. The standard InChI is InChI=1S/C14H29N3O/c1-4-5-15-14-11-18-10-13(14)9-17-7-6-16(3)12(2)8-17/h12-15H,4-11H2,1-3H3. The maximum atomic E-state index is 5.66. The molecule has 0 saturated carbocycles. The lowest BCUT2D eigenvalue weighted by atomic mass is 10.0. The highest BCUT2D eigenvalue weighted by Gasteiger charge is 2.31. The van der Waals surface area contributed by atoms with Gasteiger partial charge in [0.05, 0.1) is 13.2 Å². The average molecular weight is 255 g/mol. The van der Waals surface area contributed by atoms with Crippen LogP contribution in [0.5, 0.6) is 0 Å². The second kappa shape index (κ2) is 6.85. The molecule has 106 valence electrons. The lowest BCUT2D eigenvalue weighted by Gasteiger charge is -2.39. The van der Waals surface area contributed by atoms with E-state index in [1.54, 1.807) is 0 Å². The Morgan fingerprint density at radius 3 is 2.83 bits per heavy atom. The van der Waals surface area contributed by atoms with Gasteiger partial charge in [-0.2, -0.15) is 0 Å². The van der Waals surface area contributed by atoms with Crippen LogP contribution in [0.15, 0.2) is 0 Å². The molecule has 4 nitrogen and oxygen atoms in total. The van der Waals surface area contributed by atoms with Crippen molar-refractivity contribution in [2.24, 2.45) is 5.92 Å². The van der Waals surface area contributed by atoms with Gasteiger partial charge in [-0.3, -0.25) is 0 Å². The number of hydrogen-bond acceptors (Lipinski definition) is 4. The summed E-state index contributed by atoms with van der Waals surface area (Å²) in [5.41, 5.74) is 0. The summed E-state index contributed by atoms with van der Waals surface area (Å²) in [6, 6.07) is 1.25. The maximum Gasteiger partial charge on any atom is 0.0623 e. The Morgan fingerprint density at radius 2 is 2.11 bits per heavy atom. The van der Waals surface area contributed by atoms with Crippen molar-refractivity contribution in [3.63, 3.8) is 0 Å². The summed E-state index contributed by atoms with van der Waals surface area (Å²) in [7, 11) is 2.23. The van der Waals surface area contributed by atoms with Gasteiger partial charge in [0.25, 0.3) is 0 Å². The molecule has 2 aliphatic heterocycles. The van der Waals surface area contributed by atoms with Crippen molar-refractivity contribution in [1.29, 1.82) is 0 Å². The lowest BCUT2D eigenvalue weighted by Crippen LogP contribution is -2.52. The number of hydrogen-bond donors (Lipinski definition) is 1. The number of ether oxygens (including phenoxy) is 1. The Bertz CT molecular complexity index is 249. The minimum Gasteiger partial charge on any atom is -0.379 e. The summed E-state index contributed by atoms with van der Waals surface area (Å²) in [5.74, 6) is 0.673. The van der Waals surface area contributed by atoms with Crippen LogP contribution in [-0.2, 0) is 4.74 Å². The zero-order chi connectivity index (χ0) is 13.0. The molecule has 0 bridgehead atoms. The fourth-order valence-corrected chi connectivity index (χ4v) is 2.96. The minimum atomic E-state index is 0.569. The first-order chi connectivity index (χ1) is 8.70. The molecule has 0 aromatic carbocycles. The van der Waals surface area contributed by atoms with Gasteiger partial charge in [0.1, 0.15) is 0 Å². The van der Waals surface area contributed by atoms with Gasteiger partial charge in [0.15, 0.2) is 0 Å². The quantitative estimate of drug-likeness (QED) is 0.780. The molecule has 3 unspecified atom stereocenters. The highest BCUT2D eigenvalue weighted by atomic mass is 16.5. The zero-order valence-electron chi connectivity index (χ0n) is 12.2. The van der Waals surface area contributed by atoms with E-state index >= 15 is 0 Å². The van der Waals surface area contributed by atoms with Crippen LogP contribution < -0.4 is 5.32 Å². The molecule has 0 spiro atoms. The first-order valence-corrected chi connectivity index (χ1v) is 7.44. The van der Waals surface area contributed by atoms with Gasteiger partial charge in [-0.15, -0.1) is 0 Å². The molecule has 2 heterocycles. The number of nitrogens with one attached hydrogen (secondary N) is 1. The molecule has 0 radical (unpaired) electrons. The van der Waals surface area contributed by atoms with Crippen LogP contribution in [0.2, 0.25) is 0 Å². The number of piperazine rings is 1. The molecule has 0 aromatic heterocycles. The molecular weight excluding hydrogens is 226 g/mol. The largest absolute Gasteiger partial charge is 0.379 e. The van der Waals surface area contributed by atoms with Gasteiger partial charge < -0.3 is 19.9 Å². The van der Waals surface area contributed by atoms with E-state index in [-0.39, 0.29) is 0 Å². The molecule has 0 aromatic rings. The predicted octanol–water partition coefficient (Wildman–Crippen LogP) is 0.637. The number of likely N-dealkylation sites (N-methyl/N-ethyl adjacent to an activating group) is 1. The summed E-state index contributed by atoms with van der Waals surface area (Å²) in [6.07, 6.45) is 1.20. The first-order valence-electron chi connectivity index (χ1n) is 7.44. The van der Waals surface area contributed by atoms with E-state index in [0.717, 1.165) is 19.8 Å². The average Bonchev–Trinajstić information content (AvgIpc) is 2.79. The number of nitrogens with zero attached hydrogens (tertiary/aromatic N) is 2. The second-order valence-corrected chi connectivity index (χ2v) is 5.95. The summed E-state index contributed by atoms with van der Waals surface area (Å²) < 4.78 is 5.66. The summed E-state index contributed by atoms with van der Waals surface area (Å²) in [4.78, 5) is 5.07. The summed E-state index contributed by atoms with van der Waals surface area (Å²) in [5, 5.41) is 3.63. The van der Waals surface area contributed by atoms with Crippen LogP contribution in [0, 0.1) is 5.92 Å². The number of rotatable bonds is 5. The predicted molar refractivity (Wildman–Crippen MR) is 74.9 cm³/mol. The van der Waals surface area contributed by atoms with E-state index in [2.05, 4.69) is 36.0 Å². The third-order valence-corrected chi connectivity index (χ3v) is 4.39. The molecule has 2 aliphatic rings. The molecular formula is C14H29N3O. The van der Waals surface area contributed by atoms with Crippen molar-refractivity contribution in [3.8, 4) is 0 Å². The van der Waals surface area contributed by atoms with E-state index in [4.69, 9.17) is 4.74 Å². The van der Waals surface area contributed by atoms with Gasteiger partial charge in [-0.05, 0) is 26.9 Å². The lowest BCUT2D eigenvalue weighted by molar-refractivity contribution is 0.0862. The van der Waals surface area contributed by atoms with Crippen molar-refractivity contribution in [2.45, 2.75) is 32.4 Å². The van der Waals surface area contributed by atoms with Crippen LogP contribution in [0.1, 0.15) is 20.3 Å². The monoisotopic (exact) mass is 255 g/mol. The molecule has 0 amide bonds. The Hall–Kier alpha value is -0.160. The molecule has 2 fully saturated rings. The molecule has 2 saturated heterocycles. The van der Waals surface area contributed by atoms with Gasteiger partial charge in [0.2, 0.25) is 0 Å². The maximum absolute atomic E-state index is 5.66. The third kappa shape index (κ3) is 3.67. The van der Waals surface area contributed by atoms with Crippen LogP contribution in [0.3, 0.4) is 0 Å². The summed E-state index contributed by atoms with van der Waals surface area (Å²) in [6.45, 7) is 12.3. The smallest absolute Gasteiger partial charge is 0.0623 e. The Kier molecular flexibility index (Phi) is 5.42. The van der Waals surface area contributed by atoms with Gasteiger partial charge in [0, 0.05) is 44.2 Å².